The highest BCUT2D eigenvalue weighted by Gasteiger charge is 2.35. The van der Waals surface area contributed by atoms with Gasteiger partial charge in [-0.1, -0.05) is 6.07 Å². The minimum absolute atomic E-state index is 0.0663. The van der Waals surface area contributed by atoms with Gasteiger partial charge in [0.05, 0.1) is 25.7 Å². The Morgan fingerprint density at radius 1 is 1.16 bits per heavy atom. The molecule has 0 bridgehead atoms. The number of benzene rings is 1. The van der Waals surface area contributed by atoms with Crippen molar-refractivity contribution in [3.63, 3.8) is 0 Å². The van der Waals surface area contributed by atoms with Gasteiger partial charge in [0, 0.05) is 36.6 Å². The lowest BCUT2D eigenvalue weighted by atomic mass is 10.1. The Bertz CT molecular complexity index is 1120. The molecule has 2 fully saturated rings. The van der Waals surface area contributed by atoms with E-state index in [2.05, 4.69) is 5.32 Å². The molecule has 8 nitrogen and oxygen atoms in total. The molecule has 1 N–H and O–H groups in total. The number of hydrogen-bond acceptors (Lipinski definition) is 6. The van der Waals surface area contributed by atoms with Crippen LogP contribution >= 0.6 is 11.3 Å². The van der Waals surface area contributed by atoms with Crippen LogP contribution in [0.4, 0.5) is 5.69 Å². The Balaban J connectivity index is 1.35. The fourth-order valence-electron chi connectivity index (χ4n) is 3.85. The SMILES string of the molecule is Cc1ccc(N2CC(C(=O)NCc3ccc(S(=O)(=O)N4CCOCC4)s3)CC2=O)cc1C. The van der Waals surface area contributed by atoms with Crippen LogP contribution in [0.2, 0.25) is 0 Å². The number of aryl methyl sites for hydroxylation is 2. The first-order chi connectivity index (χ1) is 15.3. The van der Waals surface area contributed by atoms with Crippen molar-refractivity contribution in [2.75, 3.05) is 37.7 Å². The minimum Gasteiger partial charge on any atom is -0.379 e. The third-order valence-electron chi connectivity index (χ3n) is 5.94. The maximum atomic E-state index is 12.8. The third kappa shape index (κ3) is 4.73. The summed E-state index contributed by atoms with van der Waals surface area (Å²) in [5.41, 5.74) is 3.06. The van der Waals surface area contributed by atoms with E-state index in [0.717, 1.165) is 33.0 Å². The van der Waals surface area contributed by atoms with E-state index < -0.39 is 15.9 Å². The van der Waals surface area contributed by atoms with Crippen LogP contribution in [0.25, 0.3) is 0 Å². The molecule has 1 atom stereocenters. The topological polar surface area (TPSA) is 96.0 Å². The molecule has 0 radical (unpaired) electrons. The van der Waals surface area contributed by atoms with Crippen molar-refractivity contribution in [1.29, 1.82) is 0 Å². The average Bonchev–Trinajstić information content (AvgIpc) is 3.42. The molecule has 32 heavy (non-hydrogen) atoms. The molecule has 10 heteroatoms. The van der Waals surface area contributed by atoms with Crippen LogP contribution in [0.1, 0.15) is 22.4 Å². The van der Waals surface area contributed by atoms with Gasteiger partial charge < -0.3 is 15.0 Å². The molecule has 2 saturated heterocycles. The first-order valence-corrected chi connectivity index (χ1v) is 12.8. The van der Waals surface area contributed by atoms with E-state index in [1.165, 1.54) is 4.31 Å². The van der Waals surface area contributed by atoms with Crippen molar-refractivity contribution < 1.29 is 22.7 Å². The Labute approximate surface area is 192 Å². The lowest BCUT2D eigenvalue weighted by molar-refractivity contribution is -0.126. The summed E-state index contributed by atoms with van der Waals surface area (Å²) >= 11 is 1.16. The highest BCUT2D eigenvalue weighted by molar-refractivity contribution is 7.91. The Hall–Kier alpha value is -2.27. The van der Waals surface area contributed by atoms with Crippen molar-refractivity contribution >= 4 is 38.9 Å². The van der Waals surface area contributed by atoms with Gasteiger partial charge in [0.2, 0.25) is 11.8 Å². The van der Waals surface area contributed by atoms with Crippen LogP contribution in [-0.4, -0.2) is 57.4 Å². The van der Waals surface area contributed by atoms with Gasteiger partial charge in [0.25, 0.3) is 10.0 Å². The molecular formula is C22H27N3O5S2. The average molecular weight is 478 g/mol. The second kappa shape index (κ2) is 9.30. The number of amides is 2. The normalized spacial score (nSPS) is 20.0. The zero-order valence-corrected chi connectivity index (χ0v) is 19.8. The number of morpholine rings is 1. The summed E-state index contributed by atoms with van der Waals surface area (Å²) < 4.78 is 32.4. The van der Waals surface area contributed by atoms with E-state index in [4.69, 9.17) is 4.74 Å². The zero-order chi connectivity index (χ0) is 22.9. The highest BCUT2D eigenvalue weighted by Crippen LogP contribution is 2.28. The molecule has 1 unspecified atom stereocenters. The van der Waals surface area contributed by atoms with Crippen molar-refractivity contribution in [1.82, 2.24) is 9.62 Å². The second-order valence-corrected chi connectivity index (χ2v) is 11.5. The lowest BCUT2D eigenvalue weighted by Crippen LogP contribution is -2.40. The quantitative estimate of drug-likeness (QED) is 0.687. The number of nitrogens with zero attached hydrogens (tertiary/aromatic N) is 2. The van der Waals surface area contributed by atoms with E-state index in [1.54, 1.807) is 17.0 Å². The van der Waals surface area contributed by atoms with Crippen LogP contribution in [0.5, 0.6) is 0 Å². The number of rotatable bonds is 6. The van der Waals surface area contributed by atoms with Crippen LogP contribution in [0, 0.1) is 19.8 Å². The van der Waals surface area contributed by atoms with Gasteiger partial charge in [-0.2, -0.15) is 4.31 Å². The standard InChI is InChI=1S/C22H27N3O5S2/c1-15-3-4-18(11-16(15)2)25-14-17(12-20(25)26)22(27)23-13-19-5-6-21(31-19)32(28,29)24-7-9-30-10-8-24/h3-6,11,17H,7-10,12-14H2,1-2H3,(H,23,27). The summed E-state index contributed by atoms with van der Waals surface area (Å²) in [6.07, 6.45) is 0.167. The number of nitrogens with one attached hydrogen (secondary N) is 1. The number of thiophene rings is 1. The molecule has 0 aliphatic carbocycles. The van der Waals surface area contributed by atoms with Gasteiger partial charge in [-0.25, -0.2) is 8.42 Å². The molecule has 2 aromatic rings. The number of hydrogen-bond donors (Lipinski definition) is 1. The van der Waals surface area contributed by atoms with Crippen molar-refractivity contribution in [3.05, 3.63) is 46.3 Å². The van der Waals surface area contributed by atoms with E-state index >= 15 is 0 Å². The van der Waals surface area contributed by atoms with Gasteiger partial charge in [-0.05, 0) is 49.2 Å². The number of anilines is 1. The van der Waals surface area contributed by atoms with Crippen LogP contribution in [0.3, 0.4) is 0 Å². The fourth-order valence-corrected chi connectivity index (χ4v) is 6.71. The predicted molar refractivity (Wildman–Crippen MR) is 122 cm³/mol. The van der Waals surface area contributed by atoms with Gasteiger partial charge in [0.1, 0.15) is 4.21 Å². The lowest BCUT2D eigenvalue weighted by Gasteiger charge is -2.25. The summed E-state index contributed by atoms with van der Waals surface area (Å²) in [6.45, 7) is 6.07. The van der Waals surface area contributed by atoms with Crippen LogP contribution in [0.15, 0.2) is 34.5 Å². The fraction of sp³-hybridized carbons (Fsp3) is 0.455. The Kier molecular flexibility index (Phi) is 6.66. The smallest absolute Gasteiger partial charge is 0.252 e. The van der Waals surface area contributed by atoms with E-state index in [9.17, 15) is 18.0 Å². The Morgan fingerprint density at radius 2 is 1.91 bits per heavy atom. The van der Waals surface area contributed by atoms with Crippen molar-refractivity contribution in [2.24, 2.45) is 5.92 Å². The maximum absolute atomic E-state index is 12.8. The molecular weight excluding hydrogens is 450 g/mol. The molecule has 1 aromatic carbocycles. The molecule has 2 aliphatic heterocycles. The van der Waals surface area contributed by atoms with Gasteiger partial charge in [0.15, 0.2) is 0 Å². The monoisotopic (exact) mass is 477 g/mol. The first-order valence-electron chi connectivity index (χ1n) is 10.6. The second-order valence-electron chi connectivity index (χ2n) is 8.13. The predicted octanol–water partition coefficient (Wildman–Crippen LogP) is 2.06. The number of carbonyl (C=O) groups is 2. The van der Waals surface area contributed by atoms with Gasteiger partial charge >= 0.3 is 0 Å². The number of sulfonamides is 1. The highest BCUT2D eigenvalue weighted by atomic mass is 32.2. The van der Waals surface area contributed by atoms with Crippen molar-refractivity contribution in [2.45, 2.75) is 31.0 Å². The molecule has 2 amide bonds. The molecule has 3 heterocycles. The molecule has 172 valence electrons. The number of ether oxygens (including phenoxy) is 1. The van der Waals surface area contributed by atoms with E-state index in [1.807, 2.05) is 32.0 Å². The minimum atomic E-state index is -3.54. The number of carbonyl (C=O) groups excluding carboxylic acids is 2. The third-order valence-corrected chi connectivity index (χ3v) is 9.39. The molecule has 4 rings (SSSR count). The molecule has 0 saturated carbocycles. The van der Waals surface area contributed by atoms with Crippen molar-refractivity contribution in [3.8, 4) is 0 Å². The van der Waals surface area contributed by atoms with Crippen LogP contribution < -0.4 is 10.2 Å². The summed E-state index contributed by atoms with van der Waals surface area (Å²) in [5, 5.41) is 2.86. The molecule has 1 aromatic heterocycles. The largest absolute Gasteiger partial charge is 0.379 e. The maximum Gasteiger partial charge on any atom is 0.252 e. The van der Waals surface area contributed by atoms with Crippen LogP contribution in [-0.2, 0) is 30.9 Å². The molecule has 2 aliphatic rings. The van der Waals surface area contributed by atoms with E-state index in [-0.39, 0.29) is 29.0 Å². The summed E-state index contributed by atoms with van der Waals surface area (Å²) in [6, 6.07) is 9.15. The Morgan fingerprint density at radius 3 is 2.62 bits per heavy atom. The first kappa shape index (κ1) is 22.9. The zero-order valence-electron chi connectivity index (χ0n) is 18.2. The summed E-state index contributed by atoms with van der Waals surface area (Å²) in [5.74, 6) is -0.695. The molecule has 0 spiro atoms. The summed E-state index contributed by atoms with van der Waals surface area (Å²) in [4.78, 5) is 27.6. The van der Waals surface area contributed by atoms with E-state index in [0.29, 0.717) is 32.8 Å². The van der Waals surface area contributed by atoms with Gasteiger partial charge in [-0.3, -0.25) is 9.59 Å². The summed E-state index contributed by atoms with van der Waals surface area (Å²) in [7, 11) is -3.54. The van der Waals surface area contributed by atoms with Gasteiger partial charge in [-0.15, -0.1) is 11.3 Å².